The van der Waals surface area contributed by atoms with Gasteiger partial charge in [-0.3, -0.25) is 9.36 Å². The first-order valence-electron chi connectivity index (χ1n) is 8.59. The van der Waals surface area contributed by atoms with Crippen LogP contribution < -0.4 is 10.9 Å². The molecule has 0 spiro atoms. The number of aromatic nitrogens is 2. The van der Waals surface area contributed by atoms with Gasteiger partial charge in [0, 0.05) is 16.3 Å². The summed E-state index contributed by atoms with van der Waals surface area (Å²) < 4.78 is 1.83. The Labute approximate surface area is 149 Å². The minimum absolute atomic E-state index is 0.134. The predicted octanol–water partition coefficient (Wildman–Crippen LogP) is 4.42. The maximum Gasteiger partial charge on any atom is 0.263 e. The average Bonchev–Trinajstić information content (AvgIpc) is 3.22. The predicted molar refractivity (Wildman–Crippen MR) is 102 cm³/mol. The largest absolute Gasteiger partial charge is 0.351 e. The molecule has 0 atom stereocenters. The number of nitrogens with zero attached hydrogens (tertiary/aromatic N) is 2. The summed E-state index contributed by atoms with van der Waals surface area (Å²) in [6.07, 6.45) is 5.46. The molecule has 1 aliphatic rings. The van der Waals surface area contributed by atoms with Crippen LogP contribution in [0.25, 0.3) is 10.2 Å². The molecule has 3 aromatic rings. The van der Waals surface area contributed by atoms with Crippen LogP contribution in [0.2, 0.25) is 0 Å². The van der Waals surface area contributed by atoms with Gasteiger partial charge in [-0.05, 0) is 49.1 Å². The fourth-order valence-corrected chi connectivity index (χ4v) is 5.28. The molecule has 0 fully saturated rings. The van der Waals surface area contributed by atoms with Crippen molar-refractivity contribution in [3.05, 3.63) is 43.2 Å². The van der Waals surface area contributed by atoms with Gasteiger partial charge in [0.15, 0.2) is 0 Å². The van der Waals surface area contributed by atoms with Crippen molar-refractivity contribution in [3.8, 4) is 0 Å². The highest BCUT2D eigenvalue weighted by Crippen LogP contribution is 2.34. The summed E-state index contributed by atoms with van der Waals surface area (Å²) in [4.78, 5) is 21.5. The van der Waals surface area contributed by atoms with E-state index in [4.69, 9.17) is 4.98 Å². The van der Waals surface area contributed by atoms with E-state index in [2.05, 4.69) is 23.7 Å². The summed E-state index contributed by atoms with van der Waals surface area (Å²) in [5.74, 6) is 0.710. The molecule has 0 saturated heterocycles. The van der Waals surface area contributed by atoms with E-state index >= 15 is 0 Å². The molecule has 0 aliphatic heterocycles. The lowest BCUT2D eigenvalue weighted by Gasteiger charge is -2.14. The molecular formula is C18H21N3OS2. The van der Waals surface area contributed by atoms with Crippen molar-refractivity contribution in [2.45, 2.75) is 52.1 Å². The van der Waals surface area contributed by atoms with Gasteiger partial charge in [-0.15, -0.1) is 22.7 Å². The molecule has 0 aromatic carbocycles. The van der Waals surface area contributed by atoms with Crippen molar-refractivity contribution in [2.24, 2.45) is 0 Å². The topological polar surface area (TPSA) is 46.9 Å². The van der Waals surface area contributed by atoms with Gasteiger partial charge in [0.2, 0.25) is 5.95 Å². The molecule has 4 nitrogen and oxygen atoms in total. The Morgan fingerprint density at radius 2 is 2.21 bits per heavy atom. The number of hydrogen-bond acceptors (Lipinski definition) is 5. The molecule has 3 aromatic heterocycles. The zero-order valence-electron chi connectivity index (χ0n) is 13.8. The van der Waals surface area contributed by atoms with Crippen molar-refractivity contribution < 1.29 is 0 Å². The second kappa shape index (κ2) is 6.69. The van der Waals surface area contributed by atoms with Gasteiger partial charge < -0.3 is 5.32 Å². The van der Waals surface area contributed by atoms with Gasteiger partial charge in [-0.1, -0.05) is 13.0 Å². The van der Waals surface area contributed by atoms with Crippen molar-refractivity contribution >= 4 is 38.8 Å². The summed E-state index contributed by atoms with van der Waals surface area (Å²) in [7, 11) is 0. The highest BCUT2D eigenvalue weighted by Gasteiger charge is 2.21. The summed E-state index contributed by atoms with van der Waals surface area (Å²) in [5, 5.41) is 6.33. The van der Waals surface area contributed by atoms with Crippen LogP contribution in [-0.4, -0.2) is 9.55 Å². The van der Waals surface area contributed by atoms with Crippen molar-refractivity contribution in [1.82, 2.24) is 9.55 Å². The Bertz CT molecular complexity index is 909. The molecule has 1 aliphatic carbocycles. The molecule has 24 heavy (non-hydrogen) atoms. The highest BCUT2D eigenvalue weighted by molar-refractivity contribution is 7.18. The second-order valence-electron chi connectivity index (χ2n) is 6.22. The molecular weight excluding hydrogens is 338 g/mol. The number of hydrogen-bond donors (Lipinski definition) is 1. The summed E-state index contributed by atoms with van der Waals surface area (Å²) in [6, 6.07) is 4.15. The van der Waals surface area contributed by atoms with Crippen LogP contribution in [0.5, 0.6) is 0 Å². The first-order chi connectivity index (χ1) is 11.8. The Hall–Kier alpha value is -1.66. The summed E-state index contributed by atoms with van der Waals surface area (Å²) >= 11 is 3.43. The SMILES string of the molecule is CCCn1c(NCc2cccs2)nc2sc3c(c2c1=O)CCCC3. The van der Waals surface area contributed by atoms with Gasteiger partial charge in [-0.25, -0.2) is 4.98 Å². The normalized spacial score (nSPS) is 14.0. The number of nitrogens with one attached hydrogen (secondary N) is 1. The Balaban J connectivity index is 1.80. The lowest BCUT2D eigenvalue weighted by molar-refractivity contribution is 0.651. The van der Waals surface area contributed by atoms with Crippen LogP contribution in [0.3, 0.4) is 0 Å². The van der Waals surface area contributed by atoms with Gasteiger partial charge >= 0.3 is 0 Å². The van der Waals surface area contributed by atoms with Crippen molar-refractivity contribution in [2.75, 3.05) is 5.32 Å². The number of aryl methyl sites for hydroxylation is 2. The van der Waals surface area contributed by atoms with E-state index in [0.717, 1.165) is 29.5 Å². The van der Waals surface area contributed by atoms with Gasteiger partial charge in [-0.2, -0.15) is 0 Å². The molecule has 0 saturated carbocycles. The van der Waals surface area contributed by atoms with Crippen molar-refractivity contribution in [3.63, 3.8) is 0 Å². The Kier molecular flexibility index (Phi) is 4.41. The van der Waals surface area contributed by atoms with E-state index in [-0.39, 0.29) is 5.56 Å². The maximum atomic E-state index is 13.1. The van der Waals surface area contributed by atoms with Gasteiger partial charge in [0.05, 0.1) is 11.9 Å². The van der Waals surface area contributed by atoms with Crippen LogP contribution in [0, 0.1) is 0 Å². The molecule has 1 N–H and O–H groups in total. The molecule has 6 heteroatoms. The molecule has 0 bridgehead atoms. The average molecular weight is 360 g/mol. The van der Waals surface area contributed by atoms with Crippen LogP contribution >= 0.6 is 22.7 Å². The van der Waals surface area contributed by atoms with E-state index in [9.17, 15) is 4.79 Å². The van der Waals surface area contributed by atoms with Gasteiger partial charge in [0.1, 0.15) is 4.83 Å². The van der Waals surface area contributed by atoms with E-state index in [0.29, 0.717) is 19.0 Å². The lowest BCUT2D eigenvalue weighted by Crippen LogP contribution is -2.25. The zero-order valence-corrected chi connectivity index (χ0v) is 15.4. The second-order valence-corrected chi connectivity index (χ2v) is 8.33. The third-order valence-electron chi connectivity index (χ3n) is 4.52. The van der Waals surface area contributed by atoms with Crippen molar-refractivity contribution in [1.29, 1.82) is 0 Å². The first kappa shape index (κ1) is 15.8. The van der Waals surface area contributed by atoms with E-state index in [1.807, 2.05) is 10.6 Å². The molecule has 0 amide bonds. The van der Waals surface area contributed by atoms with E-state index < -0.39 is 0 Å². The molecule has 4 rings (SSSR count). The fraction of sp³-hybridized carbons (Fsp3) is 0.444. The molecule has 0 unspecified atom stereocenters. The van der Waals surface area contributed by atoms with Crippen LogP contribution in [0.1, 0.15) is 41.5 Å². The number of fused-ring (bicyclic) bond motifs is 3. The zero-order chi connectivity index (χ0) is 16.5. The highest BCUT2D eigenvalue weighted by atomic mass is 32.1. The third-order valence-corrected chi connectivity index (χ3v) is 6.58. The minimum atomic E-state index is 0.134. The first-order valence-corrected chi connectivity index (χ1v) is 10.3. The van der Waals surface area contributed by atoms with Crippen LogP contribution in [0.15, 0.2) is 22.3 Å². The van der Waals surface area contributed by atoms with E-state index in [1.54, 1.807) is 22.7 Å². The lowest BCUT2D eigenvalue weighted by atomic mass is 9.97. The van der Waals surface area contributed by atoms with Crippen LogP contribution in [-0.2, 0) is 25.9 Å². The summed E-state index contributed by atoms with van der Waals surface area (Å²) in [6.45, 7) is 3.52. The van der Waals surface area contributed by atoms with E-state index in [1.165, 1.54) is 28.2 Å². The smallest absolute Gasteiger partial charge is 0.263 e. The molecule has 126 valence electrons. The standard InChI is InChI=1S/C18H21N3OS2/c1-2-9-21-17(22)15-13-7-3-4-8-14(13)24-16(15)20-18(21)19-11-12-6-5-10-23-12/h5-6,10H,2-4,7-9,11H2,1H3,(H,19,20). The molecule has 0 radical (unpaired) electrons. The number of rotatable bonds is 5. The monoisotopic (exact) mass is 359 g/mol. The fourth-order valence-electron chi connectivity index (χ4n) is 3.38. The third kappa shape index (κ3) is 2.78. The molecule has 3 heterocycles. The Morgan fingerprint density at radius 1 is 1.33 bits per heavy atom. The number of thiophene rings is 2. The summed E-state index contributed by atoms with van der Waals surface area (Å²) in [5.41, 5.74) is 1.41. The van der Waals surface area contributed by atoms with Crippen LogP contribution in [0.4, 0.5) is 5.95 Å². The maximum absolute atomic E-state index is 13.1. The van der Waals surface area contributed by atoms with Gasteiger partial charge in [0.25, 0.3) is 5.56 Å². The quantitative estimate of drug-likeness (QED) is 0.733. The number of anilines is 1. The minimum Gasteiger partial charge on any atom is -0.351 e. The Morgan fingerprint density at radius 3 is 3.00 bits per heavy atom.